The van der Waals surface area contributed by atoms with Gasteiger partial charge in [-0.15, -0.1) is 0 Å². The summed E-state index contributed by atoms with van der Waals surface area (Å²) in [5, 5.41) is 4.20. The molecule has 27 heavy (non-hydrogen) atoms. The van der Waals surface area contributed by atoms with Gasteiger partial charge < -0.3 is 5.32 Å². The predicted octanol–water partition coefficient (Wildman–Crippen LogP) is 4.78. The van der Waals surface area contributed by atoms with Gasteiger partial charge in [-0.1, -0.05) is 54.2 Å². The third-order valence-electron chi connectivity index (χ3n) is 4.75. The van der Waals surface area contributed by atoms with E-state index in [4.69, 9.17) is 23.2 Å². The smallest absolute Gasteiger partial charge is 0.242 e. The van der Waals surface area contributed by atoms with Crippen LogP contribution in [-0.4, -0.2) is 39.7 Å². The van der Waals surface area contributed by atoms with E-state index in [1.165, 1.54) is 18.2 Å². The highest BCUT2D eigenvalue weighted by molar-refractivity contribution is 8.15. The van der Waals surface area contributed by atoms with Gasteiger partial charge in [0, 0.05) is 29.1 Å². The van der Waals surface area contributed by atoms with Crippen LogP contribution < -0.4 is 5.32 Å². The molecule has 0 bridgehead atoms. The van der Waals surface area contributed by atoms with Crippen molar-refractivity contribution in [3.8, 4) is 0 Å². The first-order chi connectivity index (χ1) is 13.0. The van der Waals surface area contributed by atoms with Gasteiger partial charge in [0.1, 0.15) is 5.25 Å². The number of nitrogens with zero attached hydrogens (tertiary/aromatic N) is 2. The molecule has 2 fully saturated rings. The van der Waals surface area contributed by atoms with E-state index >= 15 is 0 Å². The monoisotopic (exact) mass is 427 g/mol. The SMILES string of the molecule is CCN1C(=O)C(CC(=O)NC2CCCCC2)SC1=Nc1cc(Cl)cc(Cl)c1. The van der Waals surface area contributed by atoms with Crippen molar-refractivity contribution < 1.29 is 9.59 Å². The molecule has 2 aliphatic rings. The first kappa shape index (κ1) is 20.5. The van der Waals surface area contributed by atoms with Gasteiger partial charge >= 0.3 is 0 Å². The Morgan fingerprint density at radius 3 is 2.52 bits per heavy atom. The molecule has 1 aromatic rings. The maximum Gasteiger partial charge on any atom is 0.242 e. The van der Waals surface area contributed by atoms with Gasteiger partial charge in [0.15, 0.2) is 5.17 Å². The normalized spacial score (nSPS) is 22.5. The first-order valence-corrected chi connectivity index (χ1v) is 10.9. The van der Waals surface area contributed by atoms with Gasteiger partial charge in [-0.2, -0.15) is 0 Å². The average molecular weight is 428 g/mol. The highest BCUT2D eigenvalue weighted by atomic mass is 35.5. The van der Waals surface area contributed by atoms with Crippen molar-refractivity contribution >= 4 is 57.6 Å². The maximum absolute atomic E-state index is 12.7. The van der Waals surface area contributed by atoms with Crippen molar-refractivity contribution in [1.29, 1.82) is 0 Å². The summed E-state index contributed by atoms with van der Waals surface area (Å²) in [5.74, 6) is -0.135. The van der Waals surface area contributed by atoms with Gasteiger partial charge in [-0.25, -0.2) is 4.99 Å². The van der Waals surface area contributed by atoms with E-state index < -0.39 is 5.25 Å². The van der Waals surface area contributed by atoms with E-state index in [9.17, 15) is 9.59 Å². The Morgan fingerprint density at radius 2 is 1.89 bits per heavy atom. The van der Waals surface area contributed by atoms with Crippen molar-refractivity contribution in [3.05, 3.63) is 28.2 Å². The molecule has 146 valence electrons. The lowest BCUT2D eigenvalue weighted by molar-refractivity contribution is -0.129. The van der Waals surface area contributed by atoms with Gasteiger partial charge in [0.2, 0.25) is 11.8 Å². The Hall–Kier alpha value is -1.24. The van der Waals surface area contributed by atoms with Crippen LogP contribution in [0.4, 0.5) is 5.69 Å². The fourth-order valence-electron chi connectivity index (χ4n) is 3.43. The van der Waals surface area contributed by atoms with Crippen LogP contribution in [0.1, 0.15) is 45.4 Å². The number of aliphatic imine (C=N–C) groups is 1. The van der Waals surface area contributed by atoms with Gasteiger partial charge in [0.05, 0.1) is 5.69 Å². The zero-order valence-corrected chi connectivity index (χ0v) is 17.5. The van der Waals surface area contributed by atoms with Crippen molar-refractivity contribution in [1.82, 2.24) is 10.2 Å². The number of amides is 2. The summed E-state index contributed by atoms with van der Waals surface area (Å²) in [5.41, 5.74) is 0.591. The molecule has 5 nitrogen and oxygen atoms in total. The van der Waals surface area contributed by atoms with Crippen LogP contribution in [0.25, 0.3) is 0 Å². The summed E-state index contributed by atoms with van der Waals surface area (Å²) in [4.78, 5) is 31.2. The van der Waals surface area contributed by atoms with E-state index in [0.717, 1.165) is 25.7 Å². The number of hydrogen-bond donors (Lipinski definition) is 1. The van der Waals surface area contributed by atoms with E-state index in [-0.39, 0.29) is 24.3 Å². The van der Waals surface area contributed by atoms with Crippen molar-refractivity contribution in [2.24, 2.45) is 4.99 Å². The lowest BCUT2D eigenvalue weighted by Crippen LogP contribution is -2.39. The molecule has 1 aliphatic heterocycles. The molecule has 0 aromatic heterocycles. The highest BCUT2D eigenvalue weighted by Gasteiger charge is 2.38. The standard InChI is InChI=1S/C19H23Cl2N3O2S/c1-2-24-18(26)16(11-17(25)22-14-6-4-3-5-7-14)27-19(24)23-15-9-12(20)8-13(21)10-15/h8-10,14,16H,2-7,11H2,1H3,(H,22,25). The molecule has 1 atom stereocenters. The van der Waals surface area contributed by atoms with Gasteiger partial charge in [-0.05, 0) is 38.0 Å². The van der Waals surface area contributed by atoms with Gasteiger partial charge in [-0.3, -0.25) is 14.5 Å². The van der Waals surface area contributed by atoms with E-state index in [2.05, 4.69) is 10.3 Å². The lowest BCUT2D eigenvalue weighted by atomic mass is 9.95. The maximum atomic E-state index is 12.7. The highest BCUT2D eigenvalue weighted by Crippen LogP contribution is 2.33. The number of amidine groups is 1. The summed E-state index contributed by atoms with van der Waals surface area (Å²) >= 11 is 13.4. The second-order valence-corrected chi connectivity index (χ2v) is 8.86. The van der Waals surface area contributed by atoms with Crippen molar-refractivity contribution in [3.63, 3.8) is 0 Å². The van der Waals surface area contributed by atoms with E-state index in [1.54, 1.807) is 23.1 Å². The van der Waals surface area contributed by atoms with E-state index in [0.29, 0.717) is 27.4 Å². The van der Waals surface area contributed by atoms with Crippen molar-refractivity contribution in [2.75, 3.05) is 6.54 Å². The Labute approximate surface area is 173 Å². The van der Waals surface area contributed by atoms with Crippen LogP contribution in [0.5, 0.6) is 0 Å². The Balaban J connectivity index is 1.68. The Bertz CT molecular complexity index is 730. The average Bonchev–Trinajstić information content (AvgIpc) is 2.89. The summed E-state index contributed by atoms with van der Waals surface area (Å²) in [6, 6.07) is 5.28. The first-order valence-electron chi connectivity index (χ1n) is 9.28. The summed E-state index contributed by atoms with van der Waals surface area (Å²) in [6.07, 6.45) is 5.78. The molecular weight excluding hydrogens is 405 g/mol. The molecular formula is C19H23Cl2N3O2S. The second kappa shape index (κ2) is 9.30. The van der Waals surface area contributed by atoms with Crippen LogP contribution in [-0.2, 0) is 9.59 Å². The summed E-state index contributed by atoms with van der Waals surface area (Å²) < 4.78 is 0. The number of halogens is 2. The minimum atomic E-state index is -0.443. The molecule has 1 aliphatic carbocycles. The zero-order chi connectivity index (χ0) is 19.4. The third-order valence-corrected chi connectivity index (χ3v) is 6.36. The van der Waals surface area contributed by atoms with Crippen molar-refractivity contribution in [2.45, 2.75) is 56.7 Å². The molecule has 1 unspecified atom stereocenters. The molecule has 3 rings (SSSR count). The summed E-state index contributed by atoms with van der Waals surface area (Å²) in [6.45, 7) is 2.39. The number of carbonyl (C=O) groups is 2. The molecule has 1 N–H and O–H groups in total. The molecule has 0 spiro atoms. The fourth-order valence-corrected chi connectivity index (χ4v) is 5.17. The van der Waals surface area contributed by atoms with Crippen LogP contribution in [0.15, 0.2) is 23.2 Å². The number of rotatable bonds is 5. The molecule has 1 aromatic carbocycles. The Morgan fingerprint density at radius 1 is 1.22 bits per heavy atom. The molecule has 0 radical (unpaired) electrons. The number of benzene rings is 1. The Kier molecular flexibility index (Phi) is 7.06. The number of thioether (sulfide) groups is 1. The second-order valence-electron chi connectivity index (χ2n) is 6.82. The number of nitrogens with one attached hydrogen (secondary N) is 1. The van der Waals surface area contributed by atoms with Crippen LogP contribution in [0.3, 0.4) is 0 Å². The lowest BCUT2D eigenvalue weighted by Gasteiger charge is -2.23. The topological polar surface area (TPSA) is 61.8 Å². The van der Waals surface area contributed by atoms with Crippen LogP contribution in [0.2, 0.25) is 10.0 Å². The predicted molar refractivity (Wildman–Crippen MR) is 112 cm³/mol. The van der Waals surface area contributed by atoms with Gasteiger partial charge in [0.25, 0.3) is 0 Å². The minimum absolute atomic E-state index is 0.0594. The van der Waals surface area contributed by atoms with Crippen LogP contribution in [0, 0.1) is 0 Å². The molecule has 2 amide bonds. The number of carbonyl (C=O) groups excluding carboxylic acids is 2. The molecule has 1 saturated heterocycles. The summed E-state index contributed by atoms with van der Waals surface area (Å²) in [7, 11) is 0. The van der Waals surface area contributed by atoms with Crippen LogP contribution >= 0.6 is 35.0 Å². The zero-order valence-electron chi connectivity index (χ0n) is 15.2. The molecule has 8 heteroatoms. The fraction of sp³-hybridized carbons (Fsp3) is 0.526. The largest absolute Gasteiger partial charge is 0.353 e. The third kappa shape index (κ3) is 5.39. The van der Waals surface area contributed by atoms with E-state index in [1.807, 2.05) is 6.92 Å². The quantitative estimate of drug-likeness (QED) is 0.734. The minimum Gasteiger partial charge on any atom is -0.353 e. The number of hydrogen-bond acceptors (Lipinski definition) is 4. The molecule has 1 heterocycles. The molecule has 1 saturated carbocycles.